The van der Waals surface area contributed by atoms with Crippen LogP contribution >= 0.6 is 0 Å². The maximum Gasteiger partial charge on any atom is 0.269 e. The van der Waals surface area contributed by atoms with Crippen molar-refractivity contribution >= 4 is 11.7 Å². The Labute approximate surface area is 88.1 Å². The molecule has 2 rings (SSSR count). The fraction of sp³-hybridized carbons (Fsp3) is 0.500. The molecule has 0 aliphatic heterocycles. The molecule has 1 fully saturated rings. The van der Waals surface area contributed by atoms with Crippen molar-refractivity contribution in [2.75, 3.05) is 11.9 Å². The van der Waals surface area contributed by atoms with E-state index >= 15 is 0 Å². The maximum absolute atomic E-state index is 10.7. The van der Waals surface area contributed by atoms with Crippen molar-refractivity contribution in [1.82, 2.24) is 10.2 Å². The molecule has 0 aromatic carbocycles. The second-order valence-corrected chi connectivity index (χ2v) is 4.02. The second-order valence-electron chi connectivity index (χ2n) is 4.02. The van der Waals surface area contributed by atoms with Gasteiger partial charge in [0, 0.05) is 6.54 Å². The predicted molar refractivity (Wildman–Crippen MR) is 56.3 cm³/mol. The number of amides is 1. The van der Waals surface area contributed by atoms with Gasteiger partial charge in [0.1, 0.15) is 5.82 Å². The van der Waals surface area contributed by atoms with Crippen LogP contribution in [0.4, 0.5) is 5.82 Å². The third-order valence-corrected chi connectivity index (χ3v) is 2.74. The highest BCUT2D eigenvalue weighted by atomic mass is 16.1. The van der Waals surface area contributed by atoms with E-state index in [9.17, 15) is 4.79 Å². The SMILES string of the molecule is CC1CC1CNc1ccc(C(N)=O)nn1. The number of carbonyl (C=O) groups is 1. The molecular formula is C10H14N4O. The lowest BCUT2D eigenvalue weighted by molar-refractivity contribution is 0.0994. The third-order valence-electron chi connectivity index (χ3n) is 2.74. The highest BCUT2D eigenvalue weighted by Crippen LogP contribution is 2.37. The van der Waals surface area contributed by atoms with Crippen molar-refractivity contribution in [2.45, 2.75) is 13.3 Å². The van der Waals surface area contributed by atoms with Crippen molar-refractivity contribution in [3.8, 4) is 0 Å². The zero-order valence-electron chi connectivity index (χ0n) is 8.60. The van der Waals surface area contributed by atoms with E-state index < -0.39 is 5.91 Å². The fourth-order valence-corrected chi connectivity index (χ4v) is 1.48. The van der Waals surface area contributed by atoms with E-state index in [1.807, 2.05) is 0 Å². The minimum atomic E-state index is -0.551. The first-order chi connectivity index (χ1) is 7.16. The lowest BCUT2D eigenvalue weighted by atomic mass is 10.3. The van der Waals surface area contributed by atoms with Crippen LogP contribution in [0.5, 0.6) is 0 Å². The zero-order valence-corrected chi connectivity index (χ0v) is 8.60. The van der Waals surface area contributed by atoms with Gasteiger partial charge < -0.3 is 11.1 Å². The molecule has 80 valence electrons. The summed E-state index contributed by atoms with van der Waals surface area (Å²) < 4.78 is 0. The van der Waals surface area contributed by atoms with Gasteiger partial charge in [-0.1, -0.05) is 6.92 Å². The molecule has 1 amide bonds. The summed E-state index contributed by atoms with van der Waals surface area (Å²) in [6, 6.07) is 3.30. The van der Waals surface area contributed by atoms with Gasteiger partial charge in [-0.2, -0.15) is 0 Å². The molecule has 1 aromatic rings. The molecule has 15 heavy (non-hydrogen) atoms. The van der Waals surface area contributed by atoms with Crippen LogP contribution in [0.2, 0.25) is 0 Å². The number of nitrogens with zero attached hydrogens (tertiary/aromatic N) is 2. The van der Waals surface area contributed by atoms with Gasteiger partial charge in [-0.3, -0.25) is 4.79 Å². The Morgan fingerprint density at radius 3 is 2.80 bits per heavy atom. The Kier molecular flexibility index (Phi) is 2.53. The smallest absolute Gasteiger partial charge is 0.269 e. The molecule has 0 saturated heterocycles. The molecule has 5 heteroatoms. The minimum absolute atomic E-state index is 0.195. The van der Waals surface area contributed by atoms with Crippen molar-refractivity contribution in [1.29, 1.82) is 0 Å². The molecule has 1 saturated carbocycles. The van der Waals surface area contributed by atoms with Crippen LogP contribution in [0, 0.1) is 11.8 Å². The zero-order chi connectivity index (χ0) is 10.8. The molecule has 5 nitrogen and oxygen atoms in total. The van der Waals surface area contributed by atoms with Gasteiger partial charge in [-0.05, 0) is 30.4 Å². The highest BCUT2D eigenvalue weighted by Gasteiger charge is 2.31. The van der Waals surface area contributed by atoms with E-state index in [1.165, 1.54) is 6.42 Å². The number of anilines is 1. The topological polar surface area (TPSA) is 80.9 Å². The van der Waals surface area contributed by atoms with Gasteiger partial charge in [0.15, 0.2) is 5.69 Å². The number of hydrogen-bond donors (Lipinski definition) is 2. The first-order valence-electron chi connectivity index (χ1n) is 5.04. The van der Waals surface area contributed by atoms with Gasteiger partial charge in [-0.25, -0.2) is 0 Å². The monoisotopic (exact) mass is 206 g/mol. The summed E-state index contributed by atoms with van der Waals surface area (Å²) in [5.74, 6) is 1.71. The average molecular weight is 206 g/mol. The molecule has 2 unspecified atom stereocenters. The van der Waals surface area contributed by atoms with Crippen molar-refractivity contribution in [2.24, 2.45) is 17.6 Å². The average Bonchev–Trinajstić information content (AvgIpc) is 2.92. The maximum atomic E-state index is 10.7. The molecule has 0 radical (unpaired) electrons. The molecule has 1 aromatic heterocycles. The first kappa shape index (κ1) is 9.89. The number of carbonyl (C=O) groups excluding carboxylic acids is 1. The summed E-state index contributed by atoms with van der Waals surface area (Å²) in [4.78, 5) is 10.7. The Morgan fingerprint density at radius 1 is 1.60 bits per heavy atom. The second kappa shape index (κ2) is 3.84. The standard InChI is InChI=1S/C10H14N4O/c1-6-4-7(6)5-12-9-3-2-8(10(11)15)13-14-9/h2-3,6-7H,4-5H2,1H3,(H2,11,15)(H,12,14). The molecular weight excluding hydrogens is 192 g/mol. The van der Waals surface area contributed by atoms with Gasteiger partial charge in [0.05, 0.1) is 0 Å². The van der Waals surface area contributed by atoms with E-state index in [0.717, 1.165) is 18.4 Å². The molecule has 1 aliphatic carbocycles. The summed E-state index contributed by atoms with van der Waals surface area (Å²) in [7, 11) is 0. The van der Waals surface area contributed by atoms with Gasteiger partial charge >= 0.3 is 0 Å². The quantitative estimate of drug-likeness (QED) is 0.757. The van der Waals surface area contributed by atoms with Gasteiger partial charge in [0.25, 0.3) is 5.91 Å². The molecule has 0 bridgehead atoms. The predicted octanol–water partition coefficient (Wildman–Crippen LogP) is 0.643. The van der Waals surface area contributed by atoms with Crippen molar-refractivity contribution < 1.29 is 4.79 Å². The van der Waals surface area contributed by atoms with E-state index in [1.54, 1.807) is 12.1 Å². The molecule has 3 N–H and O–H groups in total. The Morgan fingerprint density at radius 2 is 2.33 bits per heavy atom. The Hall–Kier alpha value is -1.65. The number of primary amides is 1. The van der Waals surface area contributed by atoms with Crippen LogP contribution < -0.4 is 11.1 Å². The normalized spacial score (nSPS) is 23.5. The van der Waals surface area contributed by atoms with Crippen LogP contribution in [0.1, 0.15) is 23.8 Å². The molecule has 1 aliphatic rings. The van der Waals surface area contributed by atoms with Crippen LogP contribution in [-0.4, -0.2) is 22.6 Å². The molecule has 0 spiro atoms. The fourth-order valence-electron chi connectivity index (χ4n) is 1.48. The summed E-state index contributed by atoms with van der Waals surface area (Å²) in [5, 5.41) is 10.7. The van der Waals surface area contributed by atoms with E-state index in [4.69, 9.17) is 5.73 Å². The number of hydrogen-bond acceptors (Lipinski definition) is 4. The Bertz CT molecular complexity index is 362. The van der Waals surface area contributed by atoms with Gasteiger partial charge in [0.2, 0.25) is 0 Å². The number of aromatic nitrogens is 2. The summed E-state index contributed by atoms with van der Waals surface area (Å²) in [5.41, 5.74) is 5.25. The van der Waals surface area contributed by atoms with E-state index in [-0.39, 0.29) is 5.69 Å². The van der Waals surface area contributed by atoms with E-state index in [0.29, 0.717) is 5.82 Å². The van der Waals surface area contributed by atoms with E-state index in [2.05, 4.69) is 22.4 Å². The third kappa shape index (κ3) is 2.43. The summed E-state index contributed by atoms with van der Waals surface area (Å²) in [6.45, 7) is 3.15. The van der Waals surface area contributed by atoms with Crippen LogP contribution in [0.15, 0.2) is 12.1 Å². The lowest BCUT2D eigenvalue weighted by Gasteiger charge is -2.03. The number of nitrogens with two attached hydrogens (primary N) is 1. The van der Waals surface area contributed by atoms with Crippen LogP contribution in [-0.2, 0) is 0 Å². The lowest BCUT2D eigenvalue weighted by Crippen LogP contribution is -2.14. The largest absolute Gasteiger partial charge is 0.368 e. The number of rotatable bonds is 4. The first-order valence-corrected chi connectivity index (χ1v) is 5.04. The van der Waals surface area contributed by atoms with Crippen molar-refractivity contribution in [3.05, 3.63) is 17.8 Å². The minimum Gasteiger partial charge on any atom is -0.368 e. The van der Waals surface area contributed by atoms with Gasteiger partial charge in [-0.15, -0.1) is 10.2 Å². The van der Waals surface area contributed by atoms with Crippen LogP contribution in [0.3, 0.4) is 0 Å². The molecule has 1 heterocycles. The molecule has 2 atom stereocenters. The summed E-state index contributed by atoms with van der Waals surface area (Å²) in [6.07, 6.45) is 1.28. The number of nitrogens with one attached hydrogen (secondary N) is 1. The van der Waals surface area contributed by atoms with Crippen molar-refractivity contribution in [3.63, 3.8) is 0 Å². The summed E-state index contributed by atoms with van der Waals surface area (Å²) >= 11 is 0. The Balaban J connectivity index is 1.89. The van der Waals surface area contributed by atoms with Crippen LogP contribution in [0.25, 0.3) is 0 Å². The highest BCUT2D eigenvalue weighted by molar-refractivity contribution is 5.90.